The fourth-order valence-corrected chi connectivity index (χ4v) is 7.06. The average molecular weight is 972 g/mol. The SMILES string of the molecule is CCOC(=O)C(C)OC(=O)c1cc(Oc2ccc(C(F)(F)F)cc2Cl)ccc1[N+](=O)[O-].CP(=O)(O)CCC(N)C(=O)O.CS(=O)(=O)c1ccc(C(=O)C2C(=O)CCCC2=O)c(Cl)c1. The number of nitrogens with zero attached hydrogens (tertiary/aromatic N) is 1. The number of carboxylic acid groups (broad SMARTS) is 1. The van der Waals surface area contributed by atoms with Crippen molar-refractivity contribution >= 4 is 81.4 Å². The summed E-state index contributed by atoms with van der Waals surface area (Å²) in [5, 5.41) is 19.1. The summed E-state index contributed by atoms with van der Waals surface area (Å²) in [5.74, 6) is -6.27. The first-order chi connectivity index (χ1) is 29.0. The van der Waals surface area contributed by atoms with Crippen molar-refractivity contribution in [2.45, 2.75) is 62.7 Å². The van der Waals surface area contributed by atoms with E-state index < -0.39 is 98.4 Å². The maximum Gasteiger partial charge on any atom is 0.416 e. The van der Waals surface area contributed by atoms with Gasteiger partial charge in [0.05, 0.1) is 32.0 Å². The quantitative estimate of drug-likeness (QED) is 0.0377. The third-order valence-corrected chi connectivity index (χ3v) is 11.1. The molecule has 0 spiro atoms. The third kappa shape index (κ3) is 16.8. The van der Waals surface area contributed by atoms with E-state index >= 15 is 0 Å². The van der Waals surface area contributed by atoms with Crippen LogP contribution in [0.3, 0.4) is 0 Å². The first kappa shape index (κ1) is 53.9. The van der Waals surface area contributed by atoms with Crippen molar-refractivity contribution in [1.29, 1.82) is 0 Å². The zero-order valence-corrected chi connectivity index (χ0v) is 36.8. The number of benzene rings is 3. The van der Waals surface area contributed by atoms with Crippen LogP contribution in [0.2, 0.25) is 10.0 Å². The fourth-order valence-electron chi connectivity index (χ4n) is 5.10. The summed E-state index contributed by atoms with van der Waals surface area (Å²) in [6.45, 7) is 3.99. The lowest BCUT2D eigenvalue weighted by molar-refractivity contribution is -0.385. The van der Waals surface area contributed by atoms with Crippen LogP contribution in [0.1, 0.15) is 65.8 Å². The van der Waals surface area contributed by atoms with Gasteiger partial charge in [-0.25, -0.2) is 18.0 Å². The molecule has 4 N–H and O–H groups in total. The molecule has 18 nitrogen and oxygen atoms in total. The Morgan fingerprint density at radius 2 is 1.60 bits per heavy atom. The minimum Gasteiger partial charge on any atom is -0.480 e. The van der Waals surface area contributed by atoms with Crippen LogP contribution < -0.4 is 10.5 Å². The van der Waals surface area contributed by atoms with Crippen LogP contribution in [0.15, 0.2) is 59.5 Å². The second-order valence-corrected chi connectivity index (χ2v) is 18.9. The molecular formula is C38H40Cl2F3N2O16PS. The smallest absolute Gasteiger partial charge is 0.416 e. The number of carbonyl (C=O) groups is 6. The summed E-state index contributed by atoms with van der Waals surface area (Å²) in [5.41, 5.74) is 2.92. The monoisotopic (exact) mass is 970 g/mol. The minimum atomic E-state index is -4.61. The van der Waals surface area contributed by atoms with Gasteiger partial charge < -0.3 is 29.9 Å². The zero-order chi connectivity index (χ0) is 48.2. The number of Topliss-reactive ketones (excluding diaryl/α,β-unsaturated/α-hetero) is 3. The number of ketones is 3. The summed E-state index contributed by atoms with van der Waals surface area (Å²) in [7, 11) is -6.55. The lowest BCUT2D eigenvalue weighted by Gasteiger charge is -2.18. The number of nitrogens with two attached hydrogens (primary N) is 1. The molecule has 25 heteroatoms. The van der Waals surface area contributed by atoms with Gasteiger partial charge in [-0.05, 0) is 69.2 Å². The van der Waals surface area contributed by atoms with Gasteiger partial charge >= 0.3 is 24.1 Å². The molecule has 0 aromatic heterocycles. The van der Waals surface area contributed by atoms with Gasteiger partial charge in [-0.3, -0.25) is 33.9 Å². The molecule has 0 heterocycles. The molecule has 1 aliphatic rings. The van der Waals surface area contributed by atoms with Gasteiger partial charge in [-0.1, -0.05) is 23.2 Å². The average Bonchev–Trinajstić information content (AvgIpc) is 3.16. The number of carboxylic acids is 1. The topological polar surface area (TPSA) is 291 Å². The van der Waals surface area contributed by atoms with Gasteiger partial charge in [0.2, 0.25) is 0 Å². The highest BCUT2D eigenvalue weighted by Crippen LogP contribution is 2.38. The van der Waals surface area contributed by atoms with Crippen molar-refractivity contribution in [3.05, 3.63) is 91.4 Å². The van der Waals surface area contributed by atoms with Crippen LogP contribution in [0.25, 0.3) is 0 Å². The molecule has 344 valence electrons. The van der Waals surface area contributed by atoms with Crippen molar-refractivity contribution < 1.29 is 84.1 Å². The Balaban J connectivity index is 0.000000366. The highest BCUT2D eigenvalue weighted by atomic mass is 35.5. The molecule has 4 rings (SSSR count). The van der Waals surface area contributed by atoms with E-state index in [0.29, 0.717) is 12.5 Å². The molecule has 1 fully saturated rings. The van der Waals surface area contributed by atoms with Crippen LogP contribution in [-0.4, -0.2) is 96.4 Å². The number of hydrogen-bond acceptors (Lipinski definition) is 15. The van der Waals surface area contributed by atoms with Crippen LogP contribution in [0.4, 0.5) is 18.9 Å². The maximum atomic E-state index is 12.8. The maximum absolute atomic E-state index is 12.8. The molecule has 3 atom stereocenters. The van der Waals surface area contributed by atoms with Crippen LogP contribution in [0.5, 0.6) is 11.5 Å². The lowest BCUT2D eigenvalue weighted by atomic mass is 9.82. The predicted octanol–water partition coefficient (Wildman–Crippen LogP) is 6.72. The number of halogens is 5. The normalized spacial score (nSPS) is 14.9. The van der Waals surface area contributed by atoms with Gasteiger partial charge in [0, 0.05) is 49.6 Å². The molecule has 0 saturated heterocycles. The molecule has 3 aromatic carbocycles. The van der Waals surface area contributed by atoms with Crippen LogP contribution >= 0.6 is 30.6 Å². The number of sulfone groups is 1. The number of alkyl halides is 3. The Labute approximate surface area is 367 Å². The Morgan fingerprint density at radius 1 is 1.00 bits per heavy atom. The number of nitro groups is 1. The summed E-state index contributed by atoms with van der Waals surface area (Å²) >= 11 is 11.8. The van der Waals surface area contributed by atoms with Gasteiger partial charge in [0.25, 0.3) is 5.69 Å². The molecule has 3 aromatic rings. The first-order valence-corrected chi connectivity index (χ1v) is 23.0. The number of aliphatic carboxylic acids is 1. The first-order valence-electron chi connectivity index (χ1n) is 18.1. The number of carbonyl (C=O) groups excluding carboxylic acids is 5. The summed E-state index contributed by atoms with van der Waals surface area (Å²) in [6.07, 6.45) is -4.07. The van der Waals surface area contributed by atoms with Gasteiger partial charge in [0.1, 0.15) is 29.0 Å². The zero-order valence-electron chi connectivity index (χ0n) is 33.6. The second-order valence-electron chi connectivity index (χ2n) is 13.5. The van der Waals surface area contributed by atoms with E-state index in [1.54, 1.807) is 6.92 Å². The molecule has 0 radical (unpaired) electrons. The Bertz CT molecular complexity index is 2390. The van der Waals surface area contributed by atoms with E-state index in [0.717, 1.165) is 42.7 Å². The van der Waals surface area contributed by atoms with Crippen molar-refractivity contribution in [3.8, 4) is 11.5 Å². The highest BCUT2D eigenvalue weighted by molar-refractivity contribution is 7.90. The summed E-state index contributed by atoms with van der Waals surface area (Å²) < 4.78 is 86.7. The molecule has 1 saturated carbocycles. The molecule has 0 bridgehead atoms. The number of rotatable bonds is 14. The number of hydrogen-bond donors (Lipinski definition) is 3. The summed E-state index contributed by atoms with van der Waals surface area (Å²) in [6, 6.07) is 7.98. The van der Waals surface area contributed by atoms with E-state index in [1.165, 1.54) is 25.7 Å². The largest absolute Gasteiger partial charge is 0.480 e. The highest BCUT2D eigenvalue weighted by Gasteiger charge is 2.37. The summed E-state index contributed by atoms with van der Waals surface area (Å²) in [4.78, 5) is 89.1. The van der Waals surface area contributed by atoms with E-state index in [2.05, 4.69) is 0 Å². The predicted molar refractivity (Wildman–Crippen MR) is 218 cm³/mol. The Kier molecular flexibility index (Phi) is 19.6. The van der Waals surface area contributed by atoms with Gasteiger partial charge in [-0.15, -0.1) is 0 Å². The molecular weight excluding hydrogens is 931 g/mol. The fraction of sp³-hybridized carbons (Fsp3) is 0.368. The van der Waals surface area contributed by atoms with Crippen molar-refractivity contribution in [3.63, 3.8) is 0 Å². The second kappa shape index (κ2) is 22.9. The van der Waals surface area contributed by atoms with E-state index in [1.807, 2.05) is 0 Å². The van der Waals surface area contributed by atoms with Crippen molar-refractivity contribution in [1.82, 2.24) is 0 Å². The third-order valence-electron chi connectivity index (χ3n) is 8.33. The van der Waals surface area contributed by atoms with Gasteiger partial charge in [-0.2, -0.15) is 13.2 Å². The molecule has 0 amide bonds. The minimum absolute atomic E-state index is 0.00216. The van der Waals surface area contributed by atoms with E-state index in [4.69, 9.17) is 53.1 Å². The van der Waals surface area contributed by atoms with E-state index in [-0.39, 0.29) is 64.0 Å². The van der Waals surface area contributed by atoms with Crippen LogP contribution in [0, 0.1) is 16.0 Å². The lowest BCUT2D eigenvalue weighted by Crippen LogP contribution is -2.35. The molecule has 0 aliphatic heterocycles. The van der Waals surface area contributed by atoms with E-state index in [9.17, 15) is 65.0 Å². The van der Waals surface area contributed by atoms with Crippen molar-refractivity contribution in [2.24, 2.45) is 11.7 Å². The Morgan fingerprint density at radius 3 is 2.08 bits per heavy atom. The van der Waals surface area contributed by atoms with Crippen LogP contribution in [-0.2, 0) is 49.2 Å². The number of nitro benzene ring substituents is 1. The molecule has 1 aliphatic carbocycles. The number of esters is 2. The molecule has 3 unspecified atom stereocenters. The Hall–Kier alpha value is -5.25. The standard InChI is InChI=1S/C19H15ClF3NO7.C14H13ClO5S.C5H12NO4P/c1-3-29-17(25)10(2)30-18(26)13-9-12(5-6-15(13)24(27)28)31-16-7-4-11(8-14(16)20)19(21,22)23;1-21(19,20)8-5-6-9(10(15)7-8)14(18)13-11(16)3-2-4-12(13)17;1-11(9,10)3-2-4(6)5(7)8/h4-10H,3H2,1-2H3;5-7,13H,2-4H2,1H3;4H,2-3,6H2,1H3,(H,7,8)(H,9,10). The number of ether oxygens (including phenoxy) is 3. The molecule has 63 heavy (non-hydrogen) atoms. The van der Waals surface area contributed by atoms with Gasteiger partial charge in [0.15, 0.2) is 40.7 Å². The van der Waals surface area contributed by atoms with Crippen molar-refractivity contribution in [2.75, 3.05) is 25.7 Å².